The number of methoxy groups -OCH3 is 1. The second-order valence-corrected chi connectivity index (χ2v) is 5.10. The lowest BCUT2D eigenvalue weighted by Gasteiger charge is -2.01. The number of aliphatic hydroxyl groups is 1. The van der Waals surface area contributed by atoms with Crippen LogP contribution in [-0.2, 0) is 14.3 Å². The van der Waals surface area contributed by atoms with E-state index in [0.717, 1.165) is 25.0 Å². The second kappa shape index (κ2) is 7.50. The van der Waals surface area contributed by atoms with Crippen molar-refractivity contribution in [1.82, 2.24) is 0 Å². The molecule has 1 aliphatic carbocycles. The number of hydrogen-bond donors (Lipinski definition) is 1. The number of rotatable bonds is 7. The van der Waals surface area contributed by atoms with Crippen molar-refractivity contribution < 1.29 is 19.4 Å². The monoisotopic (exact) mass is 258 g/mol. The molecule has 5 heteroatoms. The quantitative estimate of drug-likeness (QED) is 0.556. The van der Waals surface area contributed by atoms with Crippen molar-refractivity contribution >= 4 is 23.5 Å². The Labute approximate surface area is 105 Å². The lowest BCUT2D eigenvalue weighted by atomic mass is 10.2. The molecule has 0 bridgehead atoms. The normalized spacial score (nSPS) is 19.3. The summed E-state index contributed by atoms with van der Waals surface area (Å²) in [4.78, 5) is 22.8. The van der Waals surface area contributed by atoms with Gasteiger partial charge in [-0.1, -0.05) is 6.42 Å². The minimum Gasteiger partial charge on any atom is -0.469 e. The number of aliphatic hydroxyl groups excluding tert-OH is 1. The maximum absolute atomic E-state index is 11.3. The van der Waals surface area contributed by atoms with E-state index in [1.807, 2.05) is 0 Å². The van der Waals surface area contributed by atoms with Crippen LogP contribution in [0.25, 0.3) is 0 Å². The van der Waals surface area contributed by atoms with E-state index in [4.69, 9.17) is 0 Å². The first-order chi connectivity index (χ1) is 8.13. The third kappa shape index (κ3) is 5.37. The average Bonchev–Trinajstić information content (AvgIpc) is 2.62. The Morgan fingerprint density at radius 2 is 2.29 bits per heavy atom. The molecule has 4 nitrogen and oxygen atoms in total. The molecule has 0 heterocycles. The zero-order chi connectivity index (χ0) is 12.7. The summed E-state index contributed by atoms with van der Waals surface area (Å²) < 4.78 is 4.54. The third-order valence-corrected chi connectivity index (χ3v) is 3.69. The summed E-state index contributed by atoms with van der Waals surface area (Å²) in [6.45, 7) is 0. The van der Waals surface area contributed by atoms with Crippen molar-refractivity contribution in [2.24, 2.45) is 0 Å². The van der Waals surface area contributed by atoms with E-state index in [2.05, 4.69) is 4.74 Å². The van der Waals surface area contributed by atoms with Crippen LogP contribution in [0.3, 0.4) is 0 Å². The molecule has 1 atom stereocenters. The zero-order valence-corrected chi connectivity index (χ0v) is 10.8. The summed E-state index contributed by atoms with van der Waals surface area (Å²) in [6.07, 6.45) is 4.45. The first-order valence-corrected chi connectivity index (χ1v) is 6.74. The van der Waals surface area contributed by atoms with Crippen molar-refractivity contribution in [1.29, 1.82) is 0 Å². The number of hydrogen-bond acceptors (Lipinski definition) is 5. The molecule has 0 fully saturated rings. The Bertz CT molecular complexity index is 312. The highest BCUT2D eigenvalue weighted by atomic mass is 32.2. The number of esters is 1. The largest absolute Gasteiger partial charge is 0.469 e. The first-order valence-electron chi connectivity index (χ1n) is 5.76. The fraction of sp³-hybridized carbons (Fsp3) is 0.667. The van der Waals surface area contributed by atoms with Crippen LogP contribution in [0, 0.1) is 0 Å². The van der Waals surface area contributed by atoms with Crippen molar-refractivity contribution in [2.45, 2.75) is 38.2 Å². The Morgan fingerprint density at radius 3 is 2.88 bits per heavy atom. The Balaban J connectivity index is 2.03. The molecular formula is C12H18O4S. The van der Waals surface area contributed by atoms with Gasteiger partial charge in [0.1, 0.15) is 0 Å². The molecule has 0 aromatic rings. The number of allylic oxidation sites excluding steroid dienone is 1. The van der Waals surface area contributed by atoms with Gasteiger partial charge in [-0.25, -0.2) is 0 Å². The maximum Gasteiger partial charge on any atom is 0.305 e. The summed E-state index contributed by atoms with van der Waals surface area (Å²) in [7, 11) is 1.39. The highest BCUT2D eigenvalue weighted by molar-refractivity contribution is 8.04. The number of Topliss-reactive ketones (excluding diaryl/α,β-unsaturated/α-hetero) is 1. The van der Waals surface area contributed by atoms with Crippen LogP contribution in [0.15, 0.2) is 11.0 Å². The van der Waals surface area contributed by atoms with Crippen LogP contribution < -0.4 is 0 Å². The van der Waals surface area contributed by atoms with E-state index in [0.29, 0.717) is 11.3 Å². The Kier molecular flexibility index (Phi) is 6.29. The zero-order valence-electron chi connectivity index (χ0n) is 9.98. The molecular weight excluding hydrogens is 240 g/mol. The molecule has 0 saturated carbocycles. The molecule has 1 rings (SSSR count). The van der Waals surface area contributed by atoms with Gasteiger partial charge in [-0.05, 0) is 24.7 Å². The lowest BCUT2D eigenvalue weighted by Crippen LogP contribution is -2.00. The Hall–Kier alpha value is -0.810. The van der Waals surface area contributed by atoms with Crippen LogP contribution >= 0.6 is 11.8 Å². The number of unbranched alkanes of at least 4 members (excludes halogenated alkanes) is 2. The molecule has 0 aromatic heterocycles. The highest BCUT2D eigenvalue weighted by Gasteiger charge is 2.21. The topological polar surface area (TPSA) is 63.6 Å². The van der Waals surface area contributed by atoms with Gasteiger partial charge in [-0.15, -0.1) is 11.8 Å². The predicted molar refractivity (Wildman–Crippen MR) is 66.7 cm³/mol. The molecule has 96 valence electrons. The molecule has 0 spiro atoms. The fourth-order valence-corrected chi connectivity index (χ4v) is 2.64. The van der Waals surface area contributed by atoms with Crippen molar-refractivity contribution in [2.75, 3.05) is 12.9 Å². The van der Waals surface area contributed by atoms with Gasteiger partial charge in [0.2, 0.25) is 0 Å². The van der Waals surface area contributed by atoms with Gasteiger partial charge < -0.3 is 9.84 Å². The van der Waals surface area contributed by atoms with Gasteiger partial charge in [0.05, 0.1) is 13.2 Å². The molecule has 0 aliphatic heterocycles. The minimum atomic E-state index is -0.593. The molecule has 17 heavy (non-hydrogen) atoms. The minimum absolute atomic E-state index is 0.0389. The van der Waals surface area contributed by atoms with E-state index >= 15 is 0 Å². The van der Waals surface area contributed by atoms with Gasteiger partial charge in [0.15, 0.2) is 5.78 Å². The van der Waals surface area contributed by atoms with Gasteiger partial charge >= 0.3 is 5.97 Å². The predicted octanol–water partition coefficient (Wildman–Crippen LogP) is 1.67. The first kappa shape index (κ1) is 14.3. The van der Waals surface area contributed by atoms with Gasteiger partial charge in [0.25, 0.3) is 0 Å². The molecule has 0 saturated heterocycles. The smallest absolute Gasteiger partial charge is 0.305 e. The van der Waals surface area contributed by atoms with Gasteiger partial charge in [-0.2, -0.15) is 0 Å². The maximum atomic E-state index is 11.3. The fourth-order valence-electron chi connectivity index (χ4n) is 1.58. The molecule has 1 aliphatic rings. The number of ether oxygens (including phenoxy) is 1. The number of carbonyl (C=O) groups excluding carboxylic acids is 2. The highest BCUT2D eigenvalue weighted by Crippen LogP contribution is 2.26. The van der Waals surface area contributed by atoms with Gasteiger partial charge in [-0.3, -0.25) is 9.59 Å². The van der Waals surface area contributed by atoms with Crippen LogP contribution in [-0.4, -0.2) is 35.8 Å². The average molecular weight is 258 g/mol. The summed E-state index contributed by atoms with van der Waals surface area (Å²) in [6, 6.07) is 0. The number of thioether (sulfide) groups is 1. The summed E-state index contributed by atoms with van der Waals surface area (Å²) in [5.41, 5.74) is 0. The van der Waals surface area contributed by atoms with Crippen LogP contribution in [0.5, 0.6) is 0 Å². The van der Waals surface area contributed by atoms with Crippen molar-refractivity contribution in [3.63, 3.8) is 0 Å². The van der Waals surface area contributed by atoms with E-state index in [9.17, 15) is 14.7 Å². The molecule has 0 aromatic carbocycles. The van der Waals surface area contributed by atoms with Gasteiger partial charge in [0, 0.05) is 17.7 Å². The van der Waals surface area contributed by atoms with E-state index in [1.54, 1.807) is 6.08 Å². The SMILES string of the molecule is COC(=O)CCCCCSC1=CC(O)CC1=O. The summed E-state index contributed by atoms with van der Waals surface area (Å²) in [5.74, 6) is 0.720. The van der Waals surface area contributed by atoms with Crippen molar-refractivity contribution in [3.8, 4) is 0 Å². The van der Waals surface area contributed by atoms with Crippen LogP contribution in [0.1, 0.15) is 32.1 Å². The van der Waals surface area contributed by atoms with E-state index in [-0.39, 0.29) is 18.2 Å². The molecule has 0 radical (unpaired) electrons. The molecule has 1 N–H and O–H groups in total. The number of carbonyl (C=O) groups is 2. The summed E-state index contributed by atoms with van der Waals surface area (Å²) in [5, 5.41) is 9.24. The van der Waals surface area contributed by atoms with E-state index < -0.39 is 6.10 Å². The second-order valence-electron chi connectivity index (χ2n) is 3.96. The Morgan fingerprint density at radius 1 is 1.53 bits per heavy atom. The third-order valence-electron chi connectivity index (χ3n) is 2.52. The van der Waals surface area contributed by atoms with E-state index in [1.165, 1.54) is 18.9 Å². The lowest BCUT2D eigenvalue weighted by molar-refractivity contribution is -0.140. The number of ketones is 1. The standard InChI is InChI=1S/C12H18O4S/c1-16-12(15)5-3-2-4-6-17-11-8-9(13)7-10(11)14/h8-9,13H,2-7H2,1H3. The van der Waals surface area contributed by atoms with Crippen molar-refractivity contribution in [3.05, 3.63) is 11.0 Å². The molecule has 0 amide bonds. The summed E-state index contributed by atoms with van der Waals surface area (Å²) >= 11 is 1.50. The van der Waals surface area contributed by atoms with Crippen LogP contribution in [0.2, 0.25) is 0 Å². The molecule has 1 unspecified atom stereocenters. The van der Waals surface area contributed by atoms with Crippen LogP contribution in [0.4, 0.5) is 0 Å².